The number of hydrogen-bond acceptors (Lipinski definition) is 8. The van der Waals surface area contributed by atoms with Gasteiger partial charge in [-0.15, -0.1) is 11.3 Å². The van der Waals surface area contributed by atoms with Crippen LogP contribution in [0.25, 0.3) is 5.69 Å². The number of aromatic nitrogens is 4. The summed E-state index contributed by atoms with van der Waals surface area (Å²) in [4.78, 5) is 32.7. The second kappa shape index (κ2) is 8.43. The Hall–Kier alpha value is -3.57. The van der Waals surface area contributed by atoms with Gasteiger partial charge in [0.05, 0.1) is 4.92 Å². The van der Waals surface area contributed by atoms with Gasteiger partial charge in [-0.3, -0.25) is 14.9 Å². The zero-order valence-electron chi connectivity index (χ0n) is 15.6. The number of amides is 1. The molecule has 4 rings (SSSR count). The Labute approximate surface area is 179 Å². The molecule has 0 aliphatic rings. The van der Waals surface area contributed by atoms with Crippen molar-refractivity contribution >= 4 is 40.4 Å². The summed E-state index contributed by atoms with van der Waals surface area (Å²) < 4.78 is 2.23. The van der Waals surface area contributed by atoms with Gasteiger partial charge in [0, 0.05) is 33.3 Å². The first kappa shape index (κ1) is 19.7. The molecule has 0 unspecified atom stereocenters. The standard InChI is InChI=1S/C19H14N6O3S2/c1-12-9-29-19(22-12)30-15-5-3-14(4-6-15)23-18(26)13-2-7-16(17(8-13)25(27)28)24-11-20-10-21-24/h2-11H,1H3,(H,23,26). The van der Waals surface area contributed by atoms with E-state index in [-0.39, 0.29) is 16.9 Å². The summed E-state index contributed by atoms with van der Waals surface area (Å²) in [5.41, 5.74) is 1.73. The van der Waals surface area contributed by atoms with Crippen LogP contribution in [0.1, 0.15) is 16.1 Å². The molecular formula is C19H14N6O3S2. The molecule has 0 saturated heterocycles. The van der Waals surface area contributed by atoms with E-state index in [2.05, 4.69) is 20.4 Å². The molecule has 2 heterocycles. The zero-order valence-corrected chi connectivity index (χ0v) is 17.2. The fraction of sp³-hybridized carbons (Fsp3) is 0.0526. The number of carbonyl (C=O) groups is 1. The average Bonchev–Trinajstić information content (AvgIpc) is 3.41. The van der Waals surface area contributed by atoms with Crippen molar-refractivity contribution in [1.82, 2.24) is 19.7 Å². The van der Waals surface area contributed by atoms with Gasteiger partial charge in [0.2, 0.25) is 0 Å². The van der Waals surface area contributed by atoms with E-state index >= 15 is 0 Å². The van der Waals surface area contributed by atoms with Gasteiger partial charge in [-0.05, 0) is 43.3 Å². The van der Waals surface area contributed by atoms with E-state index in [9.17, 15) is 14.9 Å². The number of hydrogen-bond donors (Lipinski definition) is 1. The molecule has 0 radical (unpaired) electrons. The molecule has 0 aliphatic carbocycles. The van der Waals surface area contributed by atoms with Crippen molar-refractivity contribution in [3.05, 3.63) is 81.9 Å². The van der Waals surface area contributed by atoms with Crippen molar-refractivity contribution in [2.24, 2.45) is 0 Å². The van der Waals surface area contributed by atoms with Gasteiger partial charge in [-0.25, -0.2) is 14.6 Å². The first-order chi connectivity index (χ1) is 14.5. The molecule has 0 saturated carbocycles. The van der Waals surface area contributed by atoms with Crippen LogP contribution in [0.15, 0.2) is 69.7 Å². The van der Waals surface area contributed by atoms with Gasteiger partial charge >= 0.3 is 0 Å². The van der Waals surface area contributed by atoms with E-state index in [1.165, 1.54) is 35.5 Å². The van der Waals surface area contributed by atoms with Crippen molar-refractivity contribution in [3.63, 3.8) is 0 Å². The number of aryl methyl sites for hydroxylation is 1. The SMILES string of the molecule is Cc1csc(Sc2ccc(NC(=O)c3ccc(-n4cncn4)c([N+](=O)[O-])c3)cc2)n1. The number of benzene rings is 2. The summed E-state index contributed by atoms with van der Waals surface area (Å²) in [7, 11) is 0. The third-order valence-electron chi connectivity index (χ3n) is 4.02. The van der Waals surface area contributed by atoms with Gasteiger partial charge in [-0.2, -0.15) is 5.10 Å². The lowest BCUT2D eigenvalue weighted by Gasteiger charge is -2.08. The fourth-order valence-electron chi connectivity index (χ4n) is 2.63. The summed E-state index contributed by atoms with van der Waals surface area (Å²) in [5.74, 6) is -0.445. The number of nitro benzene ring substituents is 1. The van der Waals surface area contributed by atoms with E-state index in [0.717, 1.165) is 14.9 Å². The van der Waals surface area contributed by atoms with Crippen LogP contribution < -0.4 is 5.32 Å². The largest absolute Gasteiger partial charge is 0.322 e. The fourth-order valence-corrected chi connectivity index (χ4v) is 4.44. The molecular weight excluding hydrogens is 424 g/mol. The lowest BCUT2D eigenvalue weighted by atomic mass is 10.1. The predicted octanol–water partition coefficient (Wildman–Crippen LogP) is 4.34. The monoisotopic (exact) mass is 438 g/mol. The Morgan fingerprint density at radius 1 is 1.23 bits per heavy atom. The van der Waals surface area contributed by atoms with Gasteiger partial charge < -0.3 is 5.32 Å². The summed E-state index contributed by atoms with van der Waals surface area (Å²) in [6.07, 6.45) is 2.64. The first-order valence-corrected chi connectivity index (χ1v) is 10.3. The van der Waals surface area contributed by atoms with Crippen molar-refractivity contribution < 1.29 is 9.72 Å². The third kappa shape index (κ3) is 4.36. The molecule has 0 spiro atoms. The van der Waals surface area contributed by atoms with E-state index in [1.54, 1.807) is 35.2 Å². The Kier molecular flexibility index (Phi) is 5.55. The summed E-state index contributed by atoms with van der Waals surface area (Å²) in [5, 5.41) is 20.1. The Balaban J connectivity index is 1.49. The maximum Gasteiger partial charge on any atom is 0.295 e. The number of carbonyl (C=O) groups excluding carboxylic acids is 1. The van der Waals surface area contributed by atoms with Crippen LogP contribution in [-0.4, -0.2) is 30.6 Å². The number of nitrogens with one attached hydrogen (secondary N) is 1. The lowest BCUT2D eigenvalue weighted by Crippen LogP contribution is -2.13. The quantitative estimate of drug-likeness (QED) is 0.351. The molecule has 150 valence electrons. The minimum atomic E-state index is -0.555. The number of thiazole rings is 1. The Morgan fingerprint density at radius 3 is 2.67 bits per heavy atom. The zero-order chi connectivity index (χ0) is 21.1. The van der Waals surface area contributed by atoms with Gasteiger partial charge in [0.1, 0.15) is 18.3 Å². The van der Waals surface area contributed by atoms with Crippen LogP contribution in [0.2, 0.25) is 0 Å². The molecule has 0 atom stereocenters. The number of anilines is 1. The highest BCUT2D eigenvalue weighted by molar-refractivity contribution is 8.01. The minimum Gasteiger partial charge on any atom is -0.322 e. The van der Waals surface area contributed by atoms with Crippen molar-refractivity contribution in [2.75, 3.05) is 5.32 Å². The number of nitro groups is 1. The van der Waals surface area contributed by atoms with E-state index < -0.39 is 10.8 Å². The highest BCUT2D eigenvalue weighted by Gasteiger charge is 2.19. The molecule has 1 N–H and O–H groups in total. The maximum absolute atomic E-state index is 12.6. The normalized spacial score (nSPS) is 10.7. The van der Waals surface area contributed by atoms with Crippen molar-refractivity contribution in [3.8, 4) is 5.69 Å². The van der Waals surface area contributed by atoms with E-state index in [0.29, 0.717) is 5.69 Å². The Morgan fingerprint density at radius 2 is 2.03 bits per heavy atom. The molecule has 11 heteroatoms. The van der Waals surface area contributed by atoms with Crippen LogP contribution in [0, 0.1) is 17.0 Å². The highest BCUT2D eigenvalue weighted by Crippen LogP contribution is 2.31. The number of rotatable bonds is 6. The van der Waals surface area contributed by atoms with Gasteiger partial charge in [0.15, 0.2) is 4.34 Å². The van der Waals surface area contributed by atoms with Crippen LogP contribution in [0.4, 0.5) is 11.4 Å². The first-order valence-electron chi connectivity index (χ1n) is 8.64. The smallest absolute Gasteiger partial charge is 0.295 e. The van der Waals surface area contributed by atoms with Crippen LogP contribution in [0.3, 0.4) is 0 Å². The lowest BCUT2D eigenvalue weighted by molar-refractivity contribution is -0.384. The number of nitrogens with zero attached hydrogens (tertiary/aromatic N) is 5. The Bertz CT molecular complexity index is 1210. The van der Waals surface area contributed by atoms with Gasteiger partial charge in [-0.1, -0.05) is 11.8 Å². The molecule has 0 bridgehead atoms. The van der Waals surface area contributed by atoms with E-state index in [1.807, 2.05) is 24.4 Å². The topological polar surface area (TPSA) is 116 Å². The highest BCUT2D eigenvalue weighted by atomic mass is 32.2. The third-order valence-corrected chi connectivity index (χ3v) is 6.08. The second-order valence-corrected chi connectivity index (χ2v) is 8.31. The second-order valence-electron chi connectivity index (χ2n) is 6.14. The molecule has 4 aromatic rings. The van der Waals surface area contributed by atoms with Crippen molar-refractivity contribution in [1.29, 1.82) is 0 Å². The summed E-state index contributed by atoms with van der Waals surface area (Å²) in [6, 6.07) is 11.5. The van der Waals surface area contributed by atoms with Gasteiger partial charge in [0.25, 0.3) is 11.6 Å². The predicted molar refractivity (Wildman–Crippen MR) is 113 cm³/mol. The van der Waals surface area contributed by atoms with Crippen LogP contribution in [0.5, 0.6) is 0 Å². The van der Waals surface area contributed by atoms with E-state index in [4.69, 9.17) is 0 Å². The summed E-state index contributed by atoms with van der Waals surface area (Å²) >= 11 is 3.12. The molecule has 9 nitrogen and oxygen atoms in total. The summed E-state index contributed by atoms with van der Waals surface area (Å²) in [6.45, 7) is 1.95. The van der Waals surface area contributed by atoms with Crippen LogP contribution in [-0.2, 0) is 0 Å². The molecule has 1 amide bonds. The molecule has 2 aromatic carbocycles. The maximum atomic E-state index is 12.6. The molecule has 2 aromatic heterocycles. The average molecular weight is 438 g/mol. The minimum absolute atomic E-state index is 0.169. The van der Waals surface area contributed by atoms with Crippen molar-refractivity contribution in [2.45, 2.75) is 16.2 Å². The molecule has 30 heavy (non-hydrogen) atoms. The molecule has 0 aliphatic heterocycles. The molecule has 0 fully saturated rings. The van der Waals surface area contributed by atoms with Crippen LogP contribution >= 0.6 is 23.1 Å².